The SMILES string of the molecule is CCCSCC(NC)C1=CCCCO1. The Balaban J connectivity index is 2.32. The Morgan fingerprint density at radius 3 is 3.07 bits per heavy atom. The lowest BCUT2D eigenvalue weighted by Gasteiger charge is -2.23. The van der Waals surface area contributed by atoms with Crippen molar-refractivity contribution in [3.63, 3.8) is 0 Å². The minimum Gasteiger partial charge on any atom is -0.497 e. The maximum atomic E-state index is 5.65. The third-order valence-corrected chi connectivity index (χ3v) is 3.55. The maximum absolute atomic E-state index is 5.65. The van der Waals surface area contributed by atoms with Crippen molar-refractivity contribution in [1.29, 1.82) is 0 Å². The maximum Gasteiger partial charge on any atom is 0.110 e. The van der Waals surface area contributed by atoms with Crippen LogP contribution in [-0.2, 0) is 4.74 Å². The fourth-order valence-corrected chi connectivity index (χ4v) is 2.49. The number of hydrogen-bond donors (Lipinski definition) is 1. The van der Waals surface area contributed by atoms with Gasteiger partial charge in [-0.25, -0.2) is 0 Å². The van der Waals surface area contributed by atoms with Crippen LogP contribution in [0.1, 0.15) is 26.2 Å². The molecule has 0 fully saturated rings. The Morgan fingerprint density at radius 1 is 1.64 bits per heavy atom. The molecule has 1 rings (SSSR count). The van der Waals surface area contributed by atoms with Crippen LogP contribution in [0.25, 0.3) is 0 Å². The summed E-state index contributed by atoms with van der Waals surface area (Å²) in [6, 6.07) is 0.409. The van der Waals surface area contributed by atoms with Crippen LogP contribution in [0.3, 0.4) is 0 Å². The third-order valence-electron chi connectivity index (χ3n) is 2.29. The van der Waals surface area contributed by atoms with Crippen LogP contribution in [0, 0.1) is 0 Å². The predicted octanol–water partition coefficient (Wildman–Crippen LogP) is 2.41. The van der Waals surface area contributed by atoms with Gasteiger partial charge in [0.25, 0.3) is 0 Å². The Morgan fingerprint density at radius 2 is 2.50 bits per heavy atom. The molecule has 0 amide bonds. The zero-order valence-electron chi connectivity index (χ0n) is 9.21. The molecule has 0 aromatic heterocycles. The molecule has 1 heterocycles. The van der Waals surface area contributed by atoms with Gasteiger partial charge in [-0.2, -0.15) is 11.8 Å². The lowest BCUT2D eigenvalue weighted by Crippen LogP contribution is -2.32. The first-order valence-corrected chi connectivity index (χ1v) is 6.61. The summed E-state index contributed by atoms with van der Waals surface area (Å²) in [4.78, 5) is 0. The molecule has 0 aromatic rings. The first-order valence-electron chi connectivity index (χ1n) is 5.46. The molecule has 1 aliphatic rings. The van der Waals surface area contributed by atoms with Crippen molar-refractivity contribution in [2.75, 3.05) is 25.2 Å². The van der Waals surface area contributed by atoms with Crippen molar-refractivity contribution in [2.45, 2.75) is 32.2 Å². The van der Waals surface area contributed by atoms with E-state index >= 15 is 0 Å². The molecule has 0 radical (unpaired) electrons. The number of thioether (sulfide) groups is 1. The molecule has 0 saturated carbocycles. The zero-order valence-corrected chi connectivity index (χ0v) is 10.0. The van der Waals surface area contributed by atoms with E-state index in [0.717, 1.165) is 18.1 Å². The average Bonchev–Trinajstić information content (AvgIpc) is 2.26. The first-order chi connectivity index (χ1) is 6.88. The van der Waals surface area contributed by atoms with Gasteiger partial charge in [0.1, 0.15) is 5.76 Å². The van der Waals surface area contributed by atoms with Gasteiger partial charge in [0.2, 0.25) is 0 Å². The molecular formula is C11H21NOS. The summed E-state index contributed by atoms with van der Waals surface area (Å²) < 4.78 is 5.65. The van der Waals surface area contributed by atoms with Gasteiger partial charge in [-0.15, -0.1) is 0 Å². The second kappa shape index (κ2) is 7.18. The number of ether oxygens (including phenoxy) is 1. The minimum absolute atomic E-state index is 0.409. The lowest BCUT2D eigenvalue weighted by atomic mass is 10.2. The largest absolute Gasteiger partial charge is 0.497 e. The molecule has 3 heteroatoms. The molecule has 1 unspecified atom stereocenters. The van der Waals surface area contributed by atoms with Crippen LogP contribution in [0.2, 0.25) is 0 Å². The van der Waals surface area contributed by atoms with E-state index in [4.69, 9.17) is 4.74 Å². The Kier molecular flexibility index (Phi) is 6.12. The molecule has 1 atom stereocenters. The highest BCUT2D eigenvalue weighted by Crippen LogP contribution is 2.17. The first kappa shape index (κ1) is 11.9. The van der Waals surface area contributed by atoms with Gasteiger partial charge in [-0.1, -0.05) is 6.92 Å². The van der Waals surface area contributed by atoms with Gasteiger partial charge in [0, 0.05) is 5.75 Å². The van der Waals surface area contributed by atoms with E-state index in [1.54, 1.807) is 0 Å². The van der Waals surface area contributed by atoms with E-state index in [2.05, 4.69) is 18.3 Å². The highest BCUT2D eigenvalue weighted by molar-refractivity contribution is 7.99. The Hall–Kier alpha value is -0.150. The van der Waals surface area contributed by atoms with Crippen LogP contribution in [-0.4, -0.2) is 31.2 Å². The van der Waals surface area contributed by atoms with Crippen molar-refractivity contribution in [2.24, 2.45) is 0 Å². The normalized spacial score (nSPS) is 18.6. The zero-order chi connectivity index (χ0) is 10.2. The quantitative estimate of drug-likeness (QED) is 0.688. The van der Waals surface area contributed by atoms with E-state index < -0.39 is 0 Å². The van der Waals surface area contributed by atoms with Gasteiger partial charge in [0.05, 0.1) is 12.6 Å². The lowest BCUT2D eigenvalue weighted by molar-refractivity contribution is 0.173. The summed E-state index contributed by atoms with van der Waals surface area (Å²) in [5.74, 6) is 3.52. The summed E-state index contributed by atoms with van der Waals surface area (Å²) in [6.07, 6.45) is 5.83. The number of likely N-dealkylation sites (N-methyl/N-ethyl adjacent to an activating group) is 1. The number of hydrogen-bond acceptors (Lipinski definition) is 3. The minimum atomic E-state index is 0.409. The molecule has 0 aliphatic carbocycles. The molecule has 82 valence electrons. The third kappa shape index (κ3) is 3.93. The second-order valence-electron chi connectivity index (χ2n) is 3.51. The van der Waals surface area contributed by atoms with E-state index in [1.165, 1.54) is 25.0 Å². The monoisotopic (exact) mass is 215 g/mol. The molecular weight excluding hydrogens is 194 g/mol. The molecule has 0 saturated heterocycles. The summed E-state index contributed by atoms with van der Waals surface area (Å²) in [7, 11) is 2.01. The van der Waals surface area contributed by atoms with Gasteiger partial charge in [0.15, 0.2) is 0 Å². The summed E-state index contributed by atoms with van der Waals surface area (Å²) >= 11 is 2.00. The van der Waals surface area contributed by atoms with E-state index in [9.17, 15) is 0 Å². The van der Waals surface area contributed by atoms with Gasteiger partial charge in [-0.05, 0) is 38.1 Å². The molecule has 0 bridgehead atoms. The van der Waals surface area contributed by atoms with Crippen molar-refractivity contribution < 1.29 is 4.74 Å². The van der Waals surface area contributed by atoms with Crippen molar-refractivity contribution >= 4 is 11.8 Å². The Labute approximate surface area is 91.5 Å². The topological polar surface area (TPSA) is 21.3 Å². The predicted molar refractivity (Wildman–Crippen MR) is 63.7 cm³/mol. The van der Waals surface area contributed by atoms with Crippen LogP contribution >= 0.6 is 11.8 Å². The summed E-state index contributed by atoms with van der Waals surface area (Å²) in [5.41, 5.74) is 0. The van der Waals surface area contributed by atoms with Crippen LogP contribution in [0.4, 0.5) is 0 Å². The average molecular weight is 215 g/mol. The van der Waals surface area contributed by atoms with E-state index in [0.29, 0.717) is 6.04 Å². The van der Waals surface area contributed by atoms with Gasteiger partial charge >= 0.3 is 0 Å². The van der Waals surface area contributed by atoms with Gasteiger partial charge in [-0.3, -0.25) is 0 Å². The molecule has 0 aromatic carbocycles. The molecule has 2 nitrogen and oxygen atoms in total. The highest BCUT2D eigenvalue weighted by atomic mass is 32.2. The molecule has 14 heavy (non-hydrogen) atoms. The molecule has 0 spiro atoms. The van der Waals surface area contributed by atoms with Crippen LogP contribution in [0.15, 0.2) is 11.8 Å². The van der Waals surface area contributed by atoms with E-state index in [-0.39, 0.29) is 0 Å². The number of nitrogens with one attached hydrogen (secondary N) is 1. The summed E-state index contributed by atoms with van der Waals surface area (Å²) in [5, 5.41) is 3.32. The van der Waals surface area contributed by atoms with E-state index in [1.807, 2.05) is 18.8 Å². The van der Waals surface area contributed by atoms with Crippen molar-refractivity contribution in [3.05, 3.63) is 11.8 Å². The van der Waals surface area contributed by atoms with Crippen LogP contribution in [0.5, 0.6) is 0 Å². The summed E-state index contributed by atoms with van der Waals surface area (Å²) in [6.45, 7) is 3.11. The Bertz CT molecular complexity index is 182. The number of rotatable bonds is 6. The molecule has 1 N–H and O–H groups in total. The van der Waals surface area contributed by atoms with Crippen molar-refractivity contribution in [1.82, 2.24) is 5.32 Å². The van der Waals surface area contributed by atoms with Crippen LogP contribution < -0.4 is 5.32 Å². The molecule has 1 aliphatic heterocycles. The van der Waals surface area contributed by atoms with Crippen molar-refractivity contribution in [3.8, 4) is 0 Å². The highest BCUT2D eigenvalue weighted by Gasteiger charge is 2.15. The standard InChI is InChI=1S/C11H21NOS/c1-3-8-14-9-10(12-2)11-6-4-5-7-13-11/h6,10,12H,3-5,7-9H2,1-2H3. The second-order valence-corrected chi connectivity index (χ2v) is 4.66. The fraction of sp³-hybridized carbons (Fsp3) is 0.818. The fourth-order valence-electron chi connectivity index (χ4n) is 1.47. The van der Waals surface area contributed by atoms with Gasteiger partial charge < -0.3 is 10.1 Å². The number of allylic oxidation sites excluding steroid dienone is 1. The smallest absolute Gasteiger partial charge is 0.110 e.